The van der Waals surface area contributed by atoms with Crippen LogP contribution < -0.4 is 0 Å². The Bertz CT molecular complexity index is 401. The van der Waals surface area contributed by atoms with Crippen molar-refractivity contribution in [3.8, 4) is 0 Å². The normalized spacial score (nSPS) is 25.8. The molecular weight excluding hydrogens is 228 g/mol. The molecule has 1 aromatic carbocycles. The highest BCUT2D eigenvalue weighted by atomic mass is 16.5. The molecule has 0 aromatic heterocycles. The number of carbonyl (C=O) groups excluding carboxylic acids is 1. The highest BCUT2D eigenvalue weighted by Gasteiger charge is 2.63. The quantitative estimate of drug-likeness (QED) is 0.573. The van der Waals surface area contributed by atoms with E-state index in [4.69, 9.17) is 9.47 Å². The minimum Gasteiger partial charge on any atom is -0.468 e. The Kier molecular flexibility index (Phi) is 4.02. The molecule has 0 saturated heterocycles. The standard InChI is InChI=1S/C15H20O3/c1-3-4-10-18-13-11-15(13,14(16)17-2)12-8-6-5-7-9-12/h5-9,13H,3-4,10-11H2,1-2H3/t13-,15+/m0/s1. The van der Waals surface area contributed by atoms with Gasteiger partial charge in [0, 0.05) is 6.61 Å². The van der Waals surface area contributed by atoms with Gasteiger partial charge in [0.25, 0.3) is 0 Å². The Morgan fingerprint density at radius 1 is 1.39 bits per heavy atom. The average Bonchev–Trinajstić information content (AvgIpc) is 3.15. The first kappa shape index (κ1) is 13.1. The van der Waals surface area contributed by atoms with Crippen LogP contribution in [0.2, 0.25) is 0 Å². The van der Waals surface area contributed by atoms with Gasteiger partial charge < -0.3 is 9.47 Å². The van der Waals surface area contributed by atoms with E-state index in [2.05, 4.69) is 6.92 Å². The molecule has 1 aliphatic carbocycles. The van der Waals surface area contributed by atoms with Crippen molar-refractivity contribution in [3.63, 3.8) is 0 Å². The molecule has 0 radical (unpaired) electrons. The van der Waals surface area contributed by atoms with Gasteiger partial charge in [0.1, 0.15) is 5.41 Å². The summed E-state index contributed by atoms with van der Waals surface area (Å²) in [5.41, 5.74) is 0.433. The average molecular weight is 248 g/mol. The molecule has 2 rings (SSSR count). The number of rotatable bonds is 6. The summed E-state index contributed by atoms with van der Waals surface area (Å²) in [5.74, 6) is -0.185. The Morgan fingerprint density at radius 3 is 2.72 bits per heavy atom. The Morgan fingerprint density at radius 2 is 2.11 bits per heavy atom. The first-order chi connectivity index (χ1) is 8.75. The van der Waals surface area contributed by atoms with Crippen LogP contribution in [0.15, 0.2) is 30.3 Å². The lowest BCUT2D eigenvalue weighted by atomic mass is 9.96. The van der Waals surface area contributed by atoms with Gasteiger partial charge in [-0.15, -0.1) is 0 Å². The molecule has 1 aliphatic rings. The number of ether oxygens (including phenoxy) is 2. The summed E-state index contributed by atoms with van der Waals surface area (Å²) in [6.45, 7) is 2.84. The molecule has 0 unspecified atom stereocenters. The van der Waals surface area contributed by atoms with Crippen molar-refractivity contribution in [1.82, 2.24) is 0 Å². The lowest BCUT2D eigenvalue weighted by molar-refractivity contribution is -0.145. The number of hydrogen-bond donors (Lipinski definition) is 0. The zero-order chi connectivity index (χ0) is 13.0. The van der Waals surface area contributed by atoms with Crippen molar-refractivity contribution in [1.29, 1.82) is 0 Å². The van der Waals surface area contributed by atoms with E-state index in [1.807, 2.05) is 30.3 Å². The number of benzene rings is 1. The largest absolute Gasteiger partial charge is 0.468 e. The van der Waals surface area contributed by atoms with Gasteiger partial charge in [-0.1, -0.05) is 43.7 Å². The number of unbranched alkanes of at least 4 members (excludes halogenated alkanes) is 1. The molecule has 0 spiro atoms. The number of methoxy groups -OCH3 is 1. The van der Waals surface area contributed by atoms with E-state index in [1.54, 1.807) is 0 Å². The van der Waals surface area contributed by atoms with Crippen molar-refractivity contribution >= 4 is 5.97 Å². The first-order valence-electron chi connectivity index (χ1n) is 6.51. The van der Waals surface area contributed by atoms with Crippen molar-refractivity contribution in [2.45, 2.75) is 37.7 Å². The van der Waals surface area contributed by atoms with Crippen LogP contribution in [0.4, 0.5) is 0 Å². The van der Waals surface area contributed by atoms with Crippen LogP contribution in [0.25, 0.3) is 0 Å². The first-order valence-corrected chi connectivity index (χ1v) is 6.51. The predicted octanol–water partition coefficient (Wildman–Crippen LogP) is 2.69. The van der Waals surface area contributed by atoms with Crippen LogP contribution in [-0.4, -0.2) is 25.8 Å². The molecule has 0 N–H and O–H groups in total. The second-order valence-corrected chi connectivity index (χ2v) is 4.75. The Balaban J connectivity index is 2.11. The molecule has 0 bridgehead atoms. The smallest absolute Gasteiger partial charge is 0.319 e. The molecule has 0 heterocycles. The predicted molar refractivity (Wildman–Crippen MR) is 69.4 cm³/mol. The lowest BCUT2D eigenvalue weighted by Crippen LogP contribution is -2.27. The van der Waals surface area contributed by atoms with E-state index in [0.717, 1.165) is 24.8 Å². The van der Waals surface area contributed by atoms with Crippen molar-refractivity contribution < 1.29 is 14.3 Å². The van der Waals surface area contributed by atoms with Crippen LogP contribution >= 0.6 is 0 Å². The molecular formula is C15H20O3. The van der Waals surface area contributed by atoms with Crippen molar-refractivity contribution in [3.05, 3.63) is 35.9 Å². The van der Waals surface area contributed by atoms with Crippen molar-refractivity contribution in [2.24, 2.45) is 0 Å². The van der Waals surface area contributed by atoms with E-state index in [0.29, 0.717) is 6.61 Å². The maximum absolute atomic E-state index is 12.0. The maximum Gasteiger partial charge on any atom is 0.319 e. The number of carbonyl (C=O) groups is 1. The highest BCUT2D eigenvalue weighted by molar-refractivity contribution is 5.88. The van der Waals surface area contributed by atoms with Gasteiger partial charge in [-0.05, 0) is 18.4 Å². The molecule has 0 aliphatic heterocycles. The van der Waals surface area contributed by atoms with E-state index < -0.39 is 5.41 Å². The monoisotopic (exact) mass is 248 g/mol. The third-order valence-electron chi connectivity index (χ3n) is 3.55. The Labute approximate surface area is 108 Å². The third-order valence-corrected chi connectivity index (χ3v) is 3.55. The molecule has 1 aromatic rings. The second kappa shape index (κ2) is 5.53. The van der Waals surface area contributed by atoms with E-state index in [9.17, 15) is 4.79 Å². The van der Waals surface area contributed by atoms with Crippen LogP contribution in [-0.2, 0) is 19.7 Å². The Hall–Kier alpha value is -1.35. The van der Waals surface area contributed by atoms with E-state index >= 15 is 0 Å². The molecule has 98 valence electrons. The SMILES string of the molecule is CCCCO[C@H]1C[C@@]1(C(=O)OC)c1ccccc1. The summed E-state index contributed by atoms with van der Waals surface area (Å²) in [4.78, 5) is 12.0. The van der Waals surface area contributed by atoms with Crippen LogP contribution in [0, 0.1) is 0 Å². The summed E-state index contributed by atoms with van der Waals surface area (Å²) in [6, 6.07) is 9.78. The highest BCUT2D eigenvalue weighted by Crippen LogP contribution is 2.51. The molecule has 18 heavy (non-hydrogen) atoms. The summed E-state index contributed by atoms with van der Waals surface area (Å²) in [6.07, 6.45) is 2.83. The van der Waals surface area contributed by atoms with Crippen molar-refractivity contribution in [2.75, 3.05) is 13.7 Å². The second-order valence-electron chi connectivity index (χ2n) is 4.75. The summed E-state index contributed by atoms with van der Waals surface area (Å²) in [7, 11) is 1.44. The number of esters is 1. The maximum atomic E-state index is 12.0. The van der Waals surface area contributed by atoms with E-state index in [-0.39, 0.29) is 12.1 Å². The van der Waals surface area contributed by atoms with Gasteiger partial charge in [0.15, 0.2) is 0 Å². The molecule has 1 saturated carbocycles. The zero-order valence-corrected chi connectivity index (χ0v) is 11.0. The van der Waals surface area contributed by atoms with E-state index in [1.165, 1.54) is 7.11 Å². The minimum absolute atomic E-state index is 0.0288. The van der Waals surface area contributed by atoms with Crippen LogP contribution in [0.5, 0.6) is 0 Å². The van der Waals surface area contributed by atoms with Crippen LogP contribution in [0.1, 0.15) is 31.7 Å². The molecule has 2 atom stereocenters. The van der Waals surface area contributed by atoms with Crippen LogP contribution in [0.3, 0.4) is 0 Å². The zero-order valence-electron chi connectivity index (χ0n) is 11.0. The molecule has 3 heteroatoms. The summed E-state index contributed by atoms with van der Waals surface area (Å²) >= 11 is 0. The third kappa shape index (κ3) is 2.27. The van der Waals surface area contributed by atoms with Gasteiger partial charge in [0.05, 0.1) is 13.2 Å². The van der Waals surface area contributed by atoms with Gasteiger partial charge in [0.2, 0.25) is 0 Å². The molecule has 1 fully saturated rings. The minimum atomic E-state index is -0.566. The summed E-state index contributed by atoms with van der Waals surface area (Å²) < 4.78 is 10.7. The topological polar surface area (TPSA) is 35.5 Å². The fraction of sp³-hybridized carbons (Fsp3) is 0.533. The van der Waals surface area contributed by atoms with Gasteiger partial charge in [-0.25, -0.2) is 0 Å². The fourth-order valence-electron chi connectivity index (χ4n) is 2.36. The molecule has 0 amide bonds. The molecule has 3 nitrogen and oxygen atoms in total. The van der Waals surface area contributed by atoms with Gasteiger partial charge >= 0.3 is 5.97 Å². The lowest BCUT2D eigenvalue weighted by Gasteiger charge is -2.15. The van der Waals surface area contributed by atoms with Gasteiger partial charge in [-0.3, -0.25) is 4.79 Å². The fourth-order valence-corrected chi connectivity index (χ4v) is 2.36. The number of hydrogen-bond acceptors (Lipinski definition) is 3. The van der Waals surface area contributed by atoms with Gasteiger partial charge in [-0.2, -0.15) is 0 Å². The summed E-state index contributed by atoms with van der Waals surface area (Å²) in [5, 5.41) is 0.